The van der Waals surface area contributed by atoms with Crippen LogP contribution in [-0.2, 0) is 0 Å². The highest BCUT2D eigenvalue weighted by molar-refractivity contribution is 6.33. The van der Waals surface area contributed by atoms with Gasteiger partial charge in [-0.3, -0.25) is 0 Å². The zero-order valence-electron chi connectivity index (χ0n) is 8.92. The molecule has 0 saturated carbocycles. The smallest absolute Gasteiger partial charge is 0.151 e. The summed E-state index contributed by atoms with van der Waals surface area (Å²) in [6.07, 6.45) is 1.33. The van der Waals surface area contributed by atoms with Crippen LogP contribution in [0.1, 0.15) is 5.56 Å². The van der Waals surface area contributed by atoms with E-state index in [1.165, 1.54) is 18.3 Å². The van der Waals surface area contributed by atoms with E-state index < -0.39 is 11.6 Å². The Morgan fingerprint density at radius 1 is 1.28 bits per heavy atom. The Morgan fingerprint density at radius 2 is 2.06 bits per heavy atom. The zero-order valence-corrected chi connectivity index (χ0v) is 9.67. The van der Waals surface area contributed by atoms with Crippen molar-refractivity contribution in [3.63, 3.8) is 0 Å². The number of nitriles is 1. The second-order valence-electron chi connectivity index (χ2n) is 3.41. The Balaban J connectivity index is 2.31. The average Bonchev–Trinajstić information content (AvgIpc) is 2.34. The summed E-state index contributed by atoms with van der Waals surface area (Å²) in [6, 6.07) is 6.64. The third-order valence-electron chi connectivity index (χ3n) is 2.15. The first-order chi connectivity index (χ1) is 8.60. The normalized spacial score (nSPS) is 9.89. The molecule has 1 aromatic heterocycles. The molecule has 0 unspecified atom stereocenters. The largest absolute Gasteiger partial charge is 0.337 e. The molecule has 1 heterocycles. The number of nitrogens with one attached hydrogen (secondary N) is 1. The van der Waals surface area contributed by atoms with Crippen molar-refractivity contribution in [2.45, 2.75) is 0 Å². The topological polar surface area (TPSA) is 48.7 Å². The van der Waals surface area contributed by atoms with Crippen molar-refractivity contribution in [3.8, 4) is 6.07 Å². The highest BCUT2D eigenvalue weighted by Crippen LogP contribution is 2.28. The molecule has 1 aromatic carbocycles. The van der Waals surface area contributed by atoms with Crippen molar-refractivity contribution >= 4 is 23.1 Å². The van der Waals surface area contributed by atoms with Gasteiger partial charge in [0.25, 0.3) is 0 Å². The third kappa shape index (κ3) is 2.55. The maximum absolute atomic E-state index is 13.5. The molecule has 0 aliphatic rings. The lowest BCUT2D eigenvalue weighted by Gasteiger charge is -2.08. The molecule has 90 valence electrons. The fourth-order valence-corrected chi connectivity index (χ4v) is 1.57. The van der Waals surface area contributed by atoms with E-state index in [2.05, 4.69) is 10.3 Å². The third-order valence-corrected chi connectivity index (χ3v) is 2.45. The monoisotopic (exact) mass is 265 g/mol. The summed E-state index contributed by atoms with van der Waals surface area (Å²) < 4.78 is 26.3. The van der Waals surface area contributed by atoms with E-state index >= 15 is 0 Å². The number of rotatable bonds is 2. The Morgan fingerprint density at radius 3 is 2.61 bits per heavy atom. The Kier molecular flexibility index (Phi) is 3.40. The molecule has 2 aromatic rings. The summed E-state index contributed by atoms with van der Waals surface area (Å²) >= 11 is 5.72. The summed E-state index contributed by atoms with van der Waals surface area (Å²) in [6.45, 7) is 0. The van der Waals surface area contributed by atoms with Crippen LogP contribution in [0.2, 0.25) is 5.02 Å². The molecule has 2 rings (SSSR count). The van der Waals surface area contributed by atoms with Crippen molar-refractivity contribution in [2.75, 3.05) is 5.32 Å². The minimum atomic E-state index is -0.814. The molecule has 0 atom stereocenters. The second-order valence-corrected chi connectivity index (χ2v) is 3.82. The molecular weight excluding hydrogens is 260 g/mol. The van der Waals surface area contributed by atoms with Crippen LogP contribution in [0.4, 0.5) is 20.3 Å². The first kappa shape index (κ1) is 12.3. The Hall–Kier alpha value is -2.19. The number of halogens is 3. The van der Waals surface area contributed by atoms with Crippen LogP contribution in [0.3, 0.4) is 0 Å². The fraction of sp³-hybridized carbons (Fsp3) is 0. The summed E-state index contributed by atoms with van der Waals surface area (Å²) in [7, 11) is 0. The standard InChI is InChI=1S/C12H6ClF2N3/c13-9-3-8(14)4-10(15)12(9)18-11-2-1-7(5-16)6-17-11/h1-4,6H,(H,17,18). The predicted octanol–water partition coefficient (Wildman–Crippen LogP) is 3.63. The number of pyridine rings is 1. The van der Waals surface area contributed by atoms with Gasteiger partial charge in [-0.25, -0.2) is 13.8 Å². The lowest BCUT2D eigenvalue weighted by Crippen LogP contribution is -1.98. The van der Waals surface area contributed by atoms with Gasteiger partial charge in [0.1, 0.15) is 17.7 Å². The quantitative estimate of drug-likeness (QED) is 0.902. The molecule has 0 spiro atoms. The fourth-order valence-electron chi connectivity index (χ4n) is 1.32. The van der Waals surface area contributed by atoms with Crippen molar-refractivity contribution in [1.82, 2.24) is 4.98 Å². The number of hydrogen-bond acceptors (Lipinski definition) is 3. The first-order valence-electron chi connectivity index (χ1n) is 4.88. The van der Waals surface area contributed by atoms with Gasteiger partial charge >= 0.3 is 0 Å². The molecule has 0 fully saturated rings. The van der Waals surface area contributed by atoms with Gasteiger partial charge in [0.15, 0.2) is 5.82 Å². The van der Waals surface area contributed by atoms with E-state index in [0.717, 1.165) is 12.1 Å². The van der Waals surface area contributed by atoms with E-state index in [4.69, 9.17) is 16.9 Å². The van der Waals surface area contributed by atoms with Gasteiger partial charge in [-0.2, -0.15) is 5.26 Å². The highest BCUT2D eigenvalue weighted by Gasteiger charge is 2.10. The van der Waals surface area contributed by atoms with Crippen molar-refractivity contribution < 1.29 is 8.78 Å². The van der Waals surface area contributed by atoms with E-state index in [-0.39, 0.29) is 10.7 Å². The second kappa shape index (κ2) is 4.98. The number of hydrogen-bond donors (Lipinski definition) is 1. The molecule has 0 bridgehead atoms. The minimum absolute atomic E-state index is 0.0599. The summed E-state index contributed by atoms with van der Waals surface area (Å²) in [5.74, 6) is -1.26. The van der Waals surface area contributed by atoms with E-state index in [1.54, 1.807) is 0 Å². The minimum Gasteiger partial charge on any atom is -0.337 e. The zero-order chi connectivity index (χ0) is 13.1. The van der Waals surface area contributed by atoms with Crippen molar-refractivity contribution in [2.24, 2.45) is 0 Å². The lowest BCUT2D eigenvalue weighted by atomic mass is 10.2. The highest BCUT2D eigenvalue weighted by atomic mass is 35.5. The molecule has 0 amide bonds. The maximum Gasteiger partial charge on any atom is 0.151 e. The number of anilines is 2. The van der Waals surface area contributed by atoms with Crippen LogP contribution >= 0.6 is 11.6 Å². The van der Waals surface area contributed by atoms with E-state index in [0.29, 0.717) is 11.4 Å². The van der Waals surface area contributed by atoms with Gasteiger partial charge in [-0.15, -0.1) is 0 Å². The molecule has 1 N–H and O–H groups in total. The number of benzene rings is 1. The number of nitrogens with zero attached hydrogens (tertiary/aromatic N) is 2. The first-order valence-corrected chi connectivity index (χ1v) is 5.25. The average molecular weight is 266 g/mol. The van der Waals surface area contributed by atoms with Crippen molar-refractivity contribution in [3.05, 3.63) is 52.7 Å². The molecule has 0 aliphatic carbocycles. The summed E-state index contributed by atoms with van der Waals surface area (Å²) in [5, 5.41) is 11.1. The van der Waals surface area contributed by atoms with Crippen molar-refractivity contribution in [1.29, 1.82) is 5.26 Å². The van der Waals surface area contributed by atoms with Gasteiger partial charge in [-0.1, -0.05) is 11.6 Å². The molecule has 0 radical (unpaired) electrons. The van der Waals surface area contributed by atoms with Gasteiger partial charge in [0, 0.05) is 12.3 Å². The van der Waals surface area contributed by atoms with Crippen LogP contribution in [0, 0.1) is 23.0 Å². The predicted molar refractivity (Wildman–Crippen MR) is 63.6 cm³/mol. The Bertz CT molecular complexity index is 597. The maximum atomic E-state index is 13.5. The lowest BCUT2D eigenvalue weighted by molar-refractivity contribution is 0.586. The number of aromatic nitrogens is 1. The molecular formula is C12H6ClF2N3. The van der Waals surface area contributed by atoms with Gasteiger partial charge in [-0.05, 0) is 18.2 Å². The molecule has 6 heteroatoms. The van der Waals surface area contributed by atoms with Crippen LogP contribution in [-0.4, -0.2) is 4.98 Å². The van der Waals surface area contributed by atoms with Gasteiger partial charge in [0.05, 0.1) is 16.3 Å². The summed E-state index contributed by atoms with van der Waals surface area (Å²) in [5.41, 5.74) is 0.321. The Labute approximate surface area is 107 Å². The molecule has 0 aliphatic heterocycles. The van der Waals surface area contributed by atoms with E-state index in [9.17, 15) is 8.78 Å². The SMILES string of the molecule is N#Cc1ccc(Nc2c(F)cc(F)cc2Cl)nc1. The van der Waals surface area contributed by atoms with Crippen LogP contribution in [0.5, 0.6) is 0 Å². The van der Waals surface area contributed by atoms with Gasteiger partial charge in [0.2, 0.25) is 0 Å². The van der Waals surface area contributed by atoms with E-state index in [1.807, 2.05) is 6.07 Å². The molecule has 3 nitrogen and oxygen atoms in total. The molecule has 18 heavy (non-hydrogen) atoms. The van der Waals surface area contributed by atoms with Gasteiger partial charge < -0.3 is 5.32 Å². The van der Waals surface area contributed by atoms with Crippen LogP contribution in [0.25, 0.3) is 0 Å². The van der Waals surface area contributed by atoms with Crippen LogP contribution in [0.15, 0.2) is 30.5 Å². The molecule has 0 saturated heterocycles. The van der Waals surface area contributed by atoms with Crippen LogP contribution < -0.4 is 5.32 Å². The summed E-state index contributed by atoms with van der Waals surface area (Å²) in [4.78, 5) is 3.90.